The maximum Gasteiger partial charge on any atom is 0.0569 e. The lowest BCUT2D eigenvalue weighted by Gasteiger charge is -2.55. The molecule has 0 saturated carbocycles. The molecule has 2 aliphatic heterocycles. The number of hydrogen-bond donors (Lipinski definition) is 0. The van der Waals surface area contributed by atoms with Crippen molar-refractivity contribution in [3.8, 4) is 0 Å². The molecule has 20 heavy (non-hydrogen) atoms. The summed E-state index contributed by atoms with van der Waals surface area (Å²) in [4.78, 5) is 2.59. The van der Waals surface area contributed by atoms with Crippen LogP contribution in [0.15, 0.2) is 0 Å². The molecule has 1 atom stereocenters. The molecule has 2 aliphatic rings. The highest BCUT2D eigenvalue weighted by Crippen LogP contribution is 2.37. The summed E-state index contributed by atoms with van der Waals surface area (Å²) < 4.78 is 16.2. The lowest BCUT2D eigenvalue weighted by Crippen LogP contribution is -2.65. The summed E-state index contributed by atoms with van der Waals surface area (Å²) in [5.74, 6) is 0.891. The average molecular weight is 301 g/mol. The predicted molar refractivity (Wildman–Crippen MR) is 85.6 cm³/mol. The van der Waals surface area contributed by atoms with Crippen molar-refractivity contribution in [1.82, 2.24) is 4.90 Å². The number of ether oxygens (including phenoxy) is 1. The Kier molecular flexibility index (Phi) is 6.99. The Morgan fingerprint density at radius 3 is 2.00 bits per heavy atom. The van der Waals surface area contributed by atoms with Gasteiger partial charge in [0.15, 0.2) is 0 Å². The van der Waals surface area contributed by atoms with E-state index in [2.05, 4.69) is 4.90 Å². The Morgan fingerprint density at radius 2 is 1.50 bits per heavy atom. The van der Waals surface area contributed by atoms with Crippen molar-refractivity contribution in [2.45, 2.75) is 51.4 Å². The zero-order valence-corrected chi connectivity index (χ0v) is 13.9. The SMILES string of the molecule is CS(=O)CCCCCCCCCCN1CC2(COC2)C1. The van der Waals surface area contributed by atoms with Crippen LogP contribution >= 0.6 is 0 Å². The van der Waals surface area contributed by atoms with Crippen LogP contribution in [0.4, 0.5) is 0 Å². The summed E-state index contributed by atoms with van der Waals surface area (Å²) in [7, 11) is -0.592. The van der Waals surface area contributed by atoms with Gasteiger partial charge in [-0.2, -0.15) is 0 Å². The van der Waals surface area contributed by atoms with E-state index in [0.29, 0.717) is 5.41 Å². The van der Waals surface area contributed by atoms with Crippen molar-refractivity contribution in [3.63, 3.8) is 0 Å². The lowest BCUT2D eigenvalue weighted by atomic mass is 9.78. The topological polar surface area (TPSA) is 29.5 Å². The largest absolute Gasteiger partial charge is 0.380 e. The molecule has 2 fully saturated rings. The van der Waals surface area contributed by atoms with Gasteiger partial charge >= 0.3 is 0 Å². The minimum atomic E-state index is -0.592. The molecule has 2 saturated heterocycles. The zero-order chi connectivity index (χ0) is 14.3. The molecule has 0 aromatic heterocycles. The highest BCUT2D eigenvalue weighted by atomic mass is 32.2. The number of likely N-dealkylation sites (tertiary alicyclic amines) is 1. The fourth-order valence-corrected chi connectivity index (χ4v) is 3.95. The van der Waals surface area contributed by atoms with Gasteiger partial charge in [0.05, 0.1) is 13.2 Å². The number of nitrogens with zero attached hydrogens (tertiary/aromatic N) is 1. The van der Waals surface area contributed by atoms with Gasteiger partial charge in [0.25, 0.3) is 0 Å². The Balaban J connectivity index is 1.28. The molecule has 0 bridgehead atoms. The fourth-order valence-electron chi connectivity index (χ4n) is 3.34. The molecule has 2 rings (SSSR count). The van der Waals surface area contributed by atoms with Crippen LogP contribution in [0.2, 0.25) is 0 Å². The first-order valence-electron chi connectivity index (χ1n) is 8.30. The average Bonchev–Trinajstić information content (AvgIpc) is 2.31. The fraction of sp³-hybridized carbons (Fsp3) is 1.00. The smallest absolute Gasteiger partial charge is 0.0569 e. The molecular formula is C16H31NO2S. The van der Waals surface area contributed by atoms with E-state index in [1.165, 1.54) is 64.6 Å². The van der Waals surface area contributed by atoms with E-state index < -0.39 is 10.8 Å². The minimum Gasteiger partial charge on any atom is -0.380 e. The summed E-state index contributed by atoms with van der Waals surface area (Å²) in [6, 6.07) is 0. The van der Waals surface area contributed by atoms with Gasteiger partial charge in [0.2, 0.25) is 0 Å². The lowest BCUT2D eigenvalue weighted by molar-refractivity contribution is -0.188. The van der Waals surface area contributed by atoms with Gasteiger partial charge in [0.1, 0.15) is 0 Å². The van der Waals surface area contributed by atoms with Crippen molar-refractivity contribution in [3.05, 3.63) is 0 Å². The quantitative estimate of drug-likeness (QED) is 0.550. The summed E-state index contributed by atoms with van der Waals surface area (Å²) >= 11 is 0. The molecule has 1 spiro atoms. The number of unbranched alkanes of at least 4 members (excludes halogenated alkanes) is 7. The van der Waals surface area contributed by atoms with Crippen molar-refractivity contribution >= 4 is 10.8 Å². The van der Waals surface area contributed by atoms with Gasteiger partial charge in [-0.05, 0) is 19.4 Å². The van der Waals surface area contributed by atoms with Gasteiger partial charge in [-0.15, -0.1) is 0 Å². The molecule has 4 heteroatoms. The van der Waals surface area contributed by atoms with E-state index in [1.807, 2.05) is 0 Å². The van der Waals surface area contributed by atoms with Crippen LogP contribution < -0.4 is 0 Å². The second-order valence-corrected chi connectivity index (χ2v) is 8.36. The summed E-state index contributed by atoms with van der Waals surface area (Å²) in [6.45, 7) is 5.88. The van der Waals surface area contributed by atoms with E-state index in [1.54, 1.807) is 6.26 Å². The van der Waals surface area contributed by atoms with Crippen LogP contribution in [-0.2, 0) is 15.5 Å². The van der Waals surface area contributed by atoms with Gasteiger partial charge in [-0.25, -0.2) is 0 Å². The second kappa shape index (κ2) is 8.50. The zero-order valence-electron chi connectivity index (χ0n) is 13.1. The van der Waals surface area contributed by atoms with Crippen molar-refractivity contribution in [2.24, 2.45) is 5.41 Å². The second-order valence-electron chi connectivity index (χ2n) is 6.81. The van der Waals surface area contributed by atoms with Crippen molar-refractivity contribution in [1.29, 1.82) is 0 Å². The first-order valence-corrected chi connectivity index (χ1v) is 10.0. The molecule has 118 valence electrons. The third kappa shape index (κ3) is 5.45. The molecule has 0 amide bonds. The number of hydrogen-bond acceptors (Lipinski definition) is 3. The van der Waals surface area contributed by atoms with Gasteiger partial charge in [-0.1, -0.05) is 38.5 Å². The highest BCUT2D eigenvalue weighted by Gasteiger charge is 2.48. The van der Waals surface area contributed by atoms with Gasteiger partial charge < -0.3 is 9.64 Å². The molecule has 0 N–H and O–H groups in total. The predicted octanol–water partition coefficient (Wildman–Crippen LogP) is 2.82. The Hall–Kier alpha value is 0.0700. The third-order valence-corrected chi connectivity index (χ3v) is 5.45. The minimum absolute atomic E-state index is 0.585. The van der Waals surface area contributed by atoms with Crippen molar-refractivity contribution < 1.29 is 8.95 Å². The molecular weight excluding hydrogens is 270 g/mol. The van der Waals surface area contributed by atoms with Crippen LogP contribution in [0.25, 0.3) is 0 Å². The molecule has 0 aromatic carbocycles. The van der Waals surface area contributed by atoms with Crippen LogP contribution in [0.3, 0.4) is 0 Å². The summed E-state index contributed by atoms with van der Waals surface area (Å²) in [5.41, 5.74) is 0.585. The van der Waals surface area contributed by atoms with E-state index in [-0.39, 0.29) is 0 Å². The maximum absolute atomic E-state index is 10.9. The molecule has 0 aromatic rings. The monoisotopic (exact) mass is 301 g/mol. The Bertz CT molecular complexity index is 297. The molecule has 1 unspecified atom stereocenters. The van der Waals surface area contributed by atoms with Gasteiger partial charge in [-0.3, -0.25) is 4.21 Å². The van der Waals surface area contributed by atoms with Crippen LogP contribution in [0, 0.1) is 5.41 Å². The molecule has 0 radical (unpaired) electrons. The molecule has 0 aliphatic carbocycles. The standard InChI is InChI=1S/C16H31NO2S/c1-20(18)11-9-7-5-3-2-4-6-8-10-17-12-16(13-17)14-19-15-16/h2-15H2,1H3. The van der Waals surface area contributed by atoms with Gasteiger partial charge in [0, 0.05) is 41.3 Å². The van der Waals surface area contributed by atoms with E-state index in [0.717, 1.165) is 25.4 Å². The molecule has 3 nitrogen and oxygen atoms in total. The van der Waals surface area contributed by atoms with Crippen LogP contribution in [0.1, 0.15) is 51.4 Å². The number of rotatable bonds is 11. The third-order valence-electron chi connectivity index (χ3n) is 4.59. The van der Waals surface area contributed by atoms with E-state index >= 15 is 0 Å². The Morgan fingerprint density at radius 1 is 0.950 bits per heavy atom. The van der Waals surface area contributed by atoms with Crippen molar-refractivity contribution in [2.75, 3.05) is 44.9 Å². The van der Waals surface area contributed by atoms with E-state index in [4.69, 9.17) is 4.74 Å². The highest BCUT2D eigenvalue weighted by molar-refractivity contribution is 7.84. The first kappa shape index (κ1) is 16.4. The Labute approximate surface area is 126 Å². The maximum atomic E-state index is 10.9. The summed E-state index contributed by atoms with van der Waals surface area (Å²) in [6.07, 6.45) is 12.4. The van der Waals surface area contributed by atoms with E-state index in [9.17, 15) is 4.21 Å². The molecule has 2 heterocycles. The van der Waals surface area contributed by atoms with Crippen LogP contribution in [-0.4, -0.2) is 54.0 Å². The van der Waals surface area contributed by atoms with Crippen LogP contribution in [0.5, 0.6) is 0 Å². The first-order chi connectivity index (χ1) is 9.70. The normalized spacial score (nSPS) is 22.4. The summed E-state index contributed by atoms with van der Waals surface area (Å²) in [5, 5.41) is 0.